The van der Waals surface area contributed by atoms with Crippen LogP contribution in [0.3, 0.4) is 0 Å². The number of nitrogens with zero attached hydrogens (tertiary/aromatic N) is 1. The number of aromatic nitrogens is 1. The van der Waals surface area contributed by atoms with Crippen molar-refractivity contribution in [2.45, 2.75) is 32.7 Å². The first-order chi connectivity index (χ1) is 12.7. The predicted molar refractivity (Wildman–Crippen MR) is 105 cm³/mol. The molecule has 1 aromatic heterocycles. The number of rotatable bonds is 5. The van der Waals surface area contributed by atoms with E-state index in [9.17, 15) is 5.11 Å². The van der Waals surface area contributed by atoms with Gasteiger partial charge in [0.1, 0.15) is 0 Å². The molecule has 1 fully saturated rings. The van der Waals surface area contributed by atoms with Gasteiger partial charge in [-0.15, -0.1) is 0 Å². The van der Waals surface area contributed by atoms with Crippen LogP contribution in [0.5, 0.6) is 11.5 Å². The Kier molecular flexibility index (Phi) is 4.60. The molecular weight excluding hydrogens is 324 g/mol. The maximum absolute atomic E-state index is 10.1. The fourth-order valence-electron chi connectivity index (χ4n) is 4.11. The molecule has 0 amide bonds. The molecule has 1 saturated heterocycles. The Morgan fingerprint density at radius 3 is 2.77 bits per heavy atom. The summed E-state index contributed by atoms with van der Waals surface area (Å²) in [5, 5.41) is 11.4. The molecule has 0 radical (unpaired) electrons. The van der Waals surface area contributed by atoms with Crippen molar-refractivity contribution in [1.82, 2.24) is 9.88 Å². The van der Waals surface area contributed by atoms with Crippen LogP contribution in [-0.2, 0) is 0 Å². The Labute approximate surface area is 154 Å². The maximum atomic E-state index is 10.1. The molecule has 1 atom stereocenters. The second-order valence-electron chi connectivity index (χ2n) is 7.05. The lowest BCUT2D eigenvalue weighted by Gasteiger charge is -2.28. The summed E-state index contributed by atoms with van der Waals surface area (Å²) in [5.41, 5.74) is 4.92. The highest BCUT2D eigenvalue weighted by Crippen LogP contribution is 2.39. The van der Waals surface area contributed by atoms with Gasteiger partial charge >= 0.3 is 0 Å². The number of fused-ring (bicyclic) bond motifs is 1. The summed E-state index contributed by atoms with van der Waals surface area (Å²) >= 11 is 0. The SMILES string of the molecule is CCOc1cc(C(c2c[nH]c3c(C)cccc23)N2CCCC2)ccc1O. The number of hydrogen-bond acceptors (Lipinski definition) is 3. The fourth-order valence-corrected chi connectivity index (χ4v) is 4.11. The highest BCUT2D eigenvalue weighted by Gasteiger charge is 2.28. The van der Waals surface area contributed by atoms with Crippen molar-refractivity contribution < 1.29 is 9.84 Å². The smallest absolute Gasteiger partial charge is 0.161 e. The second kappa shape index (κ2) is 7.04. The molecule has 2 heterocycles. The van der Waals surface area contributed by atoms with Crippen LogP contribution in [0.1, 0.15) is 42.5 Å². The molecular formula is C22H26N2O2. The van der Waals surface area contributed by atoms with Crippen LogP contribution in [0.15, 0.2) is 42.6 Å². The number of ether oxygens (including phenoxy) is 1. The Morgan fingerprint density at radius 2 is 2.00 bits per heavy atom. The molecule has 2 N–H and O–H groups in total. The number of phenolic OH excluding ortho intramolecular Hbond substituents is 1. The van der Waals surface area contributed by atoms with Crippen molar-refractivity contribution in [2.75, 3.05) is 19.7 Å². The summed E-state index contributed by atoms with van der Waals surface area (Å²) in [5.74, 6) is 0.760. The van der Waals surface area contributed by atoms with Gasteiger partial charge in [0.15, 0.2) is 11.5 Å². The van der Waals surface area contributed by atoms with Crippen LogP contribution in [0.2, 0.25) is 0 Å². The number of H-pyrrole nitrogens is 1. The van der Waals surface area contributed by atoms with E-state index in [1.54, 1.807) is 6.07 Å². The first-order valence-corrected chi connectivity index (χ1v) is 9.45. The number of phenols is 1. The van der Waals surface area contributed by atoms with Gasteiger partial charge in [-0.3, -0.25) is 4.90 Å². The second-order valence-corrected chi connectivity index (χ2v) is 7.05. The number of likely N-dealkylation sites (tertiary alicyclic amines) is 1. The maximum Gasteiger partial charge on any atom is 0.161 e. The Morgan fingerprint density at radius 1 is 1.19 bits per heavy atom. The van der Waals surface area contributed by atoms with Gasteiger partial charge < -0.3 is 14.8 Å². The number of benzene rings is 2. The van der Waals surface area contributed by atoms with Crippen molar-refractivity contribution in [3.05, 3.63) is 59.3 Å². The van der Waals surface area contributed by atoms with Gasteiger partial charge in [-0.25, -0.2) is 0 Å². The minimum Gasteiger partial charge on any atom is -0.504 e. The molecule has 1 aliphatic heterocycles. The monoisotopic (exact) mass is 350 g/mol. The van der Waals surface area contributed by atoms with Gasteiger partial charge in [0.25, 0.3) is 0 Å². The lowest BCUT2D eigenvalue weighted by Crippen LogP contribution is -2.26. The van der Waals surface area contributed by atoms with E-state index < -0.39 is 0 Å². The third-order valence-corrected chi connectivity index (χ3v) is 5.36. The summed E-state index contributed by atoms with van der Waals surface area (Å²) in [6, 6.07) is 12.4. The number of aromatic amines is 1. The molecule has 0 bridgehead atoms. The zero-order valence-electron chi connectivity index (χ0n) is 15.5. The number of para-hydroxylation sites is 1. The molecule has 0 saturated carbocycles. The number of nitrogens with one attached hydrogen (secondary N) is 1. The van der Waals surface area contributed by atoms with E-state index in [0.717, 1.165) is 18.7 Å². The van der Waals surface area contributed by atoms with Gasteiger partial charge in [0.05, 0.1) is 12.6 Å². The highest BCUT2D eigenvalue weighted by molar-refractivity contribution is 5.86. The average Bonchev–Trinajstić information content (AvgIpc) is 3.30. The normalized spacial score (nSPS) is 16.2. The largest absolute Gasteiger partial charge is 0.504 e. The third kappa shape index (κ3) is 2.95. The first kappa shape index (κ1) is 17.0. The minimum atomic E-state index is 0.160. The van der Waals surface area contributed by atoms with Crippen molar-refractivity contribution in [2.24, 2.45) is 0 Å². The quantitative estimate of drug-likeness (QED) is 0.697. The lowest BCUT2D eigenvalue weighted by atomic mass is 9.95. The zero-order valence-corrected chi connectivity index (χ0v) is 15.5. The first-order valence-electron chi connectivity index (χ1n) is 9.45. The summed E-state index contributed by atoms with van der Waals surface area (Å²) in [6.45, 7) is 6.80. The molecule has 4 rings (SSSR count). The lowest BCUT2D eigenvalue weighted by molar-refractivity contribution is 0.279. The topological polar surface area (TPSA) is 48.5 Å². The van der Waals surface area contributed by atoms with E-state index in [4.69, 9.17) is 4.74 Å². The number of aromatic hydroxyl groups is 1. The van der Waals surface area contributed by atoms with Crippen LogP contribution >= 0.6 is 0 Å². The fraction of sp³-hybridized carbons (Fsp3) is 0.364. The zero-order chi connectivity index (χ0) is 18.1. The van der Waals surface area contributed by atoms with Crippen LogP contribution in [0.4, 0.5) is 0 Å². The summed E-state index contributed by atoms with van der Waals surface area (Å²) in [6.07, 6.45) is 4.61. The Bertz CT molecular complexity index is 910. The van der Waals surface area contributed by atoms with E-state index in [1.807, 2.05) is 19.1 Å². The van der Waals surface area contributed by atoms with Crippen molar-refractivity contribution in [3.8, 4) is 11.5 Å². The molecule has 4 heteroatoms. The molecule has 3 aromatic rings. The average molecular weight is 350 g/mol. The van der Waals surface area contributed by atoms with Gasteiger partial charge in [-0.05, 0) is 68.6 Å². The number of hydrogen-bond donors (Lipinski definition) is 2. The summed E-state index contributed by atoms with van der Waals surface area (Å²) < 4.78 is 5.64. The van der Waals surface area contributed by atoms with E-state index in [2.05, 4.69) is 41.2 Å². The molecule has 1 aliphatic rings. The van der Waals surface area contributed by atoms with E-state index in [1.165, 1.54) is 34.9 Å². The van der Waals surface area contributed by atoms with Crippen molar-refractivity contribution in [3.63, 3.8) is 0 Å². The number of aryl methyl sites for hydroxylation is 1. The van der Waals surface area contributed by atoms with Gasteiger partial charge in [0.2, 0.25) is 0 Å². The molecule has 2 aromatic carbocycles. The molecule has 0 spiro atoms. The predicted octanol–water partition coefficient (Wildman–Crippen LogP) is 4.77. The molecule has 26 heavy (non-hydrogen) atoms. The van der Waals surface area contributed by atoms with Crippen LogP contribution in [-0.4, -0.2) is 34.7 Å². The van der Waals surface area contributed by atoms with E-state index >= 15 is 0 Å². The standard InChI is InChI=1S/C22H26N2O2/c1-3-26-20-13-16(9-10-19(20)25)22(24-11-4-5-12-24)18-14-23-21-15(2)7-6-8-17(18)21/h6-10,13-14,22-23,25H,3-5,11-12H2,1-2H3. The van der Waals surface area contributed by atoms with Crippen molar-refractivity contribution >= 4 is 10.9 Å². The van der Waals surface area contributed by atoms with Crippen LogP contribution in [0, 0.1) is 6.92 Å². The minimum absolute atomic E-state index is 0.160. The van der Waals surface area contributed by atoms with E-state index in [-0.39, 0.29) is 11.8 Å². The van der Waals surface area contributed by atoms with Gasteiger partial charge in [-0.1, -0.05) is 24.3 Å². The van der Waals surface area contributed by atoms with Crippen LogP contribution < -0.4 is 4.74 Å². The summed E-state index contributed by atoms with van der Waals surface area (Å²) in [7, 11) is 0. The Balaban J connectivity index is 1.85. The van der Waals surface area contributed by atoms with Crippen molar-refractivity contribution in [1.29, 1.82) is 0 Å². The highest BCUT2D eigenvalue weighted by atomic mass is 16.5. The Hall–Kier alpha value is -2.46. The van der Waals surface area contributed by atoms with E-state index in [0.29, 0.717) is 12.4 Å². The van der Waals surface area contributed by atoms with Gasteiger partial charge in [0, 0.05) is 17.1 Å². The van der Waals surface area contributed by atoms with Gasteiger partial charge in [-0.2, -0.15) is 0 Å². The molecule has 0 aliphatic carbocycles. The molecule has 1 unspecified atom stereocenters. The molecule has 136 valence electrons. The van der Waals surface area contributed by atoms with Crippen LogP contribution in [0.25, 0.3) is 10.9 Å². The molecule has 4 nitrogen and oxygen atoms in total. The third-order valence-electron chi connectivity index (χ3n) is 5.36. The summed E-state index contributed by atoms with van der Waals surface area (Å²) in [4.78, 5) is 6.01.